The van der Waals surface area contributed by atoms with Crippen LogP contribution in [0, 0.1) is 34.5 Å². The van der Waals surface area contributed by atoms with Crippen molar-refractivity contribution < 1.29 is 9.90 Å². The van der Waals surface area contributed by atoms with Crippen LogP contribution in [0.4, 0.5) is 0 Å². The fourth-order valence-corrected chi connectivity index (χ4v) is 7.14. The second-order valence-corrected chi connectivity index (χ2v) is 9.78. The van der Waals surface area contributed by atoms with Gasteiger partial charge >= 0.3 is 0 Å². The summed E-state index contributed by atoms with van der Waals surface area (Å²) in [5.74, 6) is 2.65. The molecule has 1 N–H and O–H groups in total. The predicted molar refractivity (Wildman–Crippen MR) is 91.9 cm³/mol. The molecule has 0 aliphatic heterocycles. The van der Waals surface area contributed by atoms with Gasteiger partial charge in [0.15, 0.2) is 5.78 Å². The van der Waals surface area contributed by atoms with Gasteiger partial charge in [0.25, 0.3) is 0 Å². The zero-order valence-corrected chi connectivity index (χ0v) is 15.2. The van der Waals surface area contributed by atoms with Crippen molar-refractivity contribution >= 4 is 5.78 Å². The maximum atomic E-state index is 12.2. The highest BCUT2D eigenvalue weighted by molar-refractivity contribution is 5.93. The van der Waals surface area contributed by atoms with Gasteiger partial charge in [0, 0.05) is 5.92 Å². The summed E-state index contributed by atoms with van der Waals surface area (Å²) in [4.78, 5) is 12.2. The molecule has 0 amide bonds. The Morgan fingerprint density at radius 1 is 1.09 bits per heavy atom. The molecule has 0 bridgehead atoms. The number of rotatable bonds is 0. The van der Waals surface area contributed by atoms with Crippen LogP contribution in [0.2, 0.25) is 0 Å². The van der Waals surface area contributed by atoms with Crippen LogP contribution in [0.15, 0.2) is 11.6 Å². The molecule has 4 aliphatic carbocycles. The fourth-order valence-electron chi connectivity index (χ4n) is 7.14. The SMILES string of the molecule is CC1CC2(C)C(=CC1=O)CCC1C2CCC2(C)C1CCC2(C)O. The van der Waals surface area contributed by atoms with Crippen LogP contribution in [0.1, 0.15) is 72.6 Å². The number of fused-ring (bicyclic) bond motifs is 5. The zero-order valence-electron chi connectivity index (χ0n) is 15.2. The summed E-state index contributed by atoms with van der Waals surface area (Å²) in [6.45, 7) is 8.97. The Hall–Kier alpha value is -0.630. The van der Waals surface area contributed by atoms with Gasteiger partial charge in [0.1, 0.15) is 0 Å². The third kappa shape index (κ3) is 1.94. The topological polar surface area (TPSA) is 37.3 Å². The summed E-state index contributed by atoms with van der Waals surface area (Å²) in [5.41, 5.74) is 1.28. The first-order chi connectivity index (χ1) is 10.7. The Kier molecular flexibility index (Phi) is 3.25. The summed E-state index contributed by atoms with van der Waals surface area (Å²) >= 11 is 0. The Labute approximate surface area is 140 Å². The van der Waals surface area contributed by atoms with Crippen molar-refractivity contribution in [3.05, 3.63) is 11.6 Å². The normalized spacial score (nSPS) is 55.7. The van der Waals surface area contributed by atoms with E-state index in [9.17, 15) is 9.90 Å². The number of ketones is 1. The van der Waals surface area contributed by atoms with Crippen LogP contribution in [0.3, 0.4) is 0 Å². The molecular formula is C21H32O2. The Morgan fingerprint density at radius 2 is 1.78 bits per heavy atom. The third-order valence-electron chi connectivity index (χ3n) is 8.83. The van der Waals surface area contributed by atoms with Crippen molar-refractivity contribution in [2.45, 2.75) is 78.2 Å². The van der Waals surface area contributed by atoms with Gasteiger partial charge in [-0.1, -0.05) is 26.3 Å². The van der Waals surface area contributed by atoms with Crippen molar-refractivity contribution in [3.63, 3.8) is 0 Å². The molecule has 7 atom stereocenters. The molecule has 3 saturated carbocycles. The summed E-state index contributed by atoms with van der Waals surface area (Å²) in [7, 11) is 0. The average molecular weight is 316 g/mol. The average Bonchev–Trinajstić information content (AvgIpc) is 2.71. The van der Waals surface area contributed by atoms with E-state index in [-0.39, 0.29) is 16.7 Å². The number of aliphatic hydroxyl groups is 1. The molecule has 23 heavy (non-hydrogen) atoms. The fraction of sp³-hybridized carbons (Fsp3) is 0.857. The zero-order chi connectivity index (χ0) is 16.6. The second-order valence-electron chi connectivity index (χ2n) is 9.78. The van der Waals surface area contributed by atoms with Gasteiger partial charge in [-0.15, -0.1) is 0 Å². The maximum Gasteiger partial charge on any atom is 0.158 e. The van der Waals surface area contributed by atoms with Gasteiger partial charge < -0.3 is 5.11 Å². The number of carbonyl (C=O) groups excluding carboxylic acids is 1. The molecule has 0 saturated heterocycles. The van der Waals surface area contributed by atoms with Crippen LogP contribution >= 0.6 is 0 Å². The van der Waals surface area contributed by atoms with E-state index in [1.165, 1.54) is 24.8 Å². The van der Waals surface area contributed by atoms with Gasteiger partial charge in [-0.25, -0.2) is 0 Å². The number of carbonyl (C=O) groups is 1. The van der Waals surface area contributed by atoms with Crippen molar-refractivity contribution in [1.82, 2.24) is 0 Å². The number of allylic oxidation sites excluding steroid dienone is 1. The van der Waals surface area contributed by atoms with E-state index in [2.05, 4.69) is 27.7 Å². The molecule has 128 valence electrons. The first-order valence-electron chi connectivity index (χ1n) is 9.66. The summed E-state index contributed by atoms with van der Waals surface area (Å²) in [5, 5.41) is 11.0. The van der Waals surface area contributed by atoms with E-state index in [0.29, 0.717) is 17.6 Å². The minimum absolute atomic E-state index is 0.0991. The van der Waals surface area contributed by atoms with Crippen molar-refractivity contribution in [3.8, 4) is 0 Å². The maximum absolute atomic E-state index is 12.2. The lowest BCUT2D eigenvalue weighted by molar-refractivity contribution is -0.128. The van der Waals surface area contributed by atoms with Gasteiger partial charge in [0.2, 0.25) is 0 Å². The Balaban J connectivity index is 1.70. The van der Waals surface area contributed by atoms with Crippen LogP contribution in [-0.2, 0) is 4.79 Å². The minimum atomic E-state index is -0.491. The molecule has 0 spiro atoms. The lowest BCUT2D eigenvalue weighted by atomic mass is 9.46. The van der Waals surface area contributed by atoms with Crippen molar-refractivity contribution in [2.24, 2.45) is 34.5 Å². The molecule has 0 heterocycles. The summed E-state index contributed by atoms with van der Waals surface area (Å²) in [6.07, 6.45) is 9.90. The van der Waals surface area contributed by atoms with E-state index in [1.54, 1.807) is 0 Å². The quantitative estimate of drug-likeness (QED) is 0.713. The van der Waals surface area contributed by atoms with Gasteiger partial charge in [-0.3, -0.25) is 4.79 Å². The van der Waals surface area contributed by atoms with Gasteiger partial charge in [-0.05, 0) is 86.5 Å². The first kappa shape index (κ1) is 15.9. The summed E-state index contributed by atoms with van der Waals surface area (Å²) in [6, 6.07) is 0. The smallest absolute Gasteiger partial charge is 0.158 e. The number of hydrogen-bond donors (Lipinski definition) is 1. The van der Waals surface area contributed by atoms with E-state index in [1.807, 2.05) is 6.08 Å². The number of hydrogen-bond acceptors (Lipinski definition) is 2. The molecule has 4 rings (SSSR count). The second kappa shape index (κ2) is 4.71. The monoisotopic (exact) mass is 316 g/mol. The third-order valence-corrected chi connectivity index (χ3v) is 8.83. The Morgan fingerprint density at radius 3 is 2.52 bits per heavy atom. The van der Waals surface area contributed by atoms with Crippen LogP contribution in [0.5, 0.6) is 0 Å². The molecule has 4 aliphatic rings. The first-order valence-corrected chi connectivity index (χ1v) is 9.66. The van der Waals surface area contributed by atoms with Gasteiger partial charge in [-0.2, -0.15) is 0 Å². The molecule has 2 nitrogen and oxygen atoms in total. The van der Waals surface area contributed by atoms with E-state index < -0.39 is 5.60 Å². The molecule has 2 heteroatoms. The molecule has 0 radical (unpaired) electrons. The van der Waals surface area contributed by atoms with Crippen LogP contribution in [-0.4, -0.2) is 16.5 Å². The van der Waals surface area contributed by atoms with Crippen LogP contribution in [0.25, 0.3) is 0 Å². The molecule has 0 aromatic rings. The molecule has 0 aromatic heterocycles. The highest BCUT2D eigenvalue weighted by Crippen LogP contribution is 2.67. The van der Waals surface area contributed by atoms with Crippen molar-refractivity contribution in [1.29, 1.82) is 0 Å². The Bertz CT molecular complexity index is 574. The standard InChI is InChI=1S/C21H32O2/c1-13-12-19(2)14(11-18(13)22)5-6-15-16(19)7-9-20(3)17(15)8-10-21(20,4)23/h11,13,15-17,23H,5-10,12H2,1-4H3. The molecular weight excluding hydrogens is 284 g/mol. The summed E-state index contributed by atoms with van der Waals surface area (Å²) < 4.78 is 0. The van der Waals surface area contributed by atoms with Gasteiger partial charge in [0.05, 0.1) is 5.60 Å². The van der Waals surface area contributed by atoms with Crippen molar-refractivity contribution in [2.75, 3.05) is 0 Å². The molecule has 3 fully saturated rings. The minimum Gasteiger partial charge on any atom is -0.390 e. The molecule has 0 aromatic carbocycles. The van der Waals surface area contributed by atoms with E-state index >= 15 is 0 Å². The van der Waals surface area contributed by atoms with Crippen LogP contribution < -0.4 is 0 Å². The highest BCUT2D eigenvalue weighted by Gasteiger charge is 2.62. The highest BCUT2D eigenvalue weighted by atomic mass is 16.3. The lowest BCUT2D eigenvalue weighted by Crippen LogP contribution is -2.54. The van der Waals surface area contributed by atoms with E-state index in [4.69, 9.17) is 0 Å². The lowest BCUT2D eigenvalue weighted by Gasteiger charge is -2.59. The largest absolute Gasteiger partial charge is 0.390 e. The predicted octanol–water partition coefficient (Wildman–Crippen LogP) is 4.52. The van der Waals surface area contributed by atoms with E-state index in [0.717, 1.165) is 31.6 Å². The molecule has 7 unspecified atom stereocenters.